The number of likely N-dealkylation sites (N-methyl/N-ethyl adjacent to an activating group) is 1. The van der Waals surface area contributed by atoms with Crippen molar-refractivity contribution in [3.8, 4) is 0 Å². The molecule has 2 unspecified atom stereocenters. The highest BCUT2D eigenvalue weighted by Crippen LogP contribution is 2.24. The molecule has 1 aliphatic carbocycles. The monoisotopic (exact) mass is 253 g/mol. The van der Waals surface area contributed by atoms with Crippen molar-refractivity contribution in [1.29, 1.82) is 0 Å². The smallest absolute Gasteiger partial charge is 0.0221 e. The minimum atomic E-state index is 0.642. The molecule has 1 N–H and O–H groups in total. The summed E-state index contributed by atoms with van der Waals surface area (Å²) in [5.41, 5.74) is 0. The van der Waals surface area contributed by atoms with Crippen LogP contribution in [-0.4, -0.2) is 61.2 Å². The Labute approximate surface area is 113 Å². The van der Waals surface area contributed by atoms with E-state index in [9.17, 15) is 0 Å². The van der Waals surface area contributed by atoms with E-state index in [-0.39, 0.29) is 0 Å². The van der Waals surface area contributed by atoms with Crippen molar-refractivity contribution in [1.82, 2.24) is 15.1 Å². The minimum absolute atomic E-state index is 0.642. The standard InChI is InChI=1S/C15H31N3/c1-4-15(16-3)13(2)17-9-11-18(12-10-17)14-7-5-6-8-14/h13-16H,4-12H2,1-3H3. The van der Waals surface area contributed by atoms with E-state index in [0.717, 1.165) is 6.04 Å². The Kier molecular flexibility index (Phi) is 5.46. The largest absolute Gasteiger partial charge is 0.315 e. The van der Waals surface area contributed by atoms with Crippen LogP contribution in [0, 0.1) is 0 Å². The molecule has 0 amide bonds. The van der Waals surface area contributed by atoms with E-state index < -0.39 is 0 Å². The Hall–Kier alpha value is -0.120. The van der Waals surface area contributed by atoms with Crippen LogP contribution in [0.2, 0.25) is 0 Å². The highest BCUT2D eigenvalue weighted by atomic mass is 15.3. The van der Waals surface area contributed by atoms with Crippen molar-refractivity contribution in [2.75, 3.05) is 33.2 Å². The number of rotatable bonds is 5. The van der Waals surface area contributed by atoms with Crippen molar-refractivity contribution in [2.45, 2.75) is 64.1 Å². The van der Waals surface area contributed by atoms with Gasteiger partial charge in [-0.3, -0.25) is 9.80 Å². The van der Waals surface area contributed by atoms with Gasteiger partial charge in [0.25, 0.3) is 0 Å². The van der Waals surface area contributed by atoms with Crippen molar-refractivity contribution in [3.63, 3.8) is 0 Å². The van der Waals surface area contributed by atoms with Crippen LogP contribution in [0.25, 0.3) is 0 Å². The third kappa shape index (κ3) is 3.25. The molecule has 106 valence electrons. The zero-order chi connectivity index (χ0) is 13.0. The van der Waals surface area contributed by atoms with Gasteiger partial charge in [0.2, 0.25) is 0 Å². The van der Waals surface area contributed by atoms with Gasteiger partial charge in [-0.2, -0.15) is 0 Å². The molecule has 1 aliphatic heterocycles. The van der Waals surface area contributed by atoms with Gasteiger partial charge in [0.1, 0.15) is 0 Å². The maximum Gasteiger partial charge on any atom is 0.0221 e. The zero-order valence-corrected chi connectivity index (χ0v) is 12.5. The molecule has 0 aromatic heterocycles. The van der Waals surface area contributed by atoms with Gasteiger partial charge in [0.05, 0.1) is 0 Å². The number of piperazine rings is 1. The van der Waals surface area contributed by atoms with Gasteiger partial charge in [0, 0.05) is 44.3 Å². The van der Waals surface area contributed by atoms with E-state index in [1.807, 2.05) is 0 Å². The first-order chi connectivity index (χ1) is 8.76. The van der Waals surface area contributed by atoms with Crippen LogP contribution in [0.3, 0.4) is 0 Å². The first-order valence-corrected chi connectivity index (χ1v) is 7.91. The summed E-state index contributed by atoms with van der Waals surface area (Å²) in [5, 5.41) is 3.46. The molecule has 3 heteroatoms. The molecule has 2 aliphatic rings. The Morgan fingerprint density at radius 3 is 2.22 bits per heavy atom. The lowest BCUT2D eigenvalue weighted by atomic mass is 10.0. The lowest BCUT2D eigenvalue weighted by molar-refractivity contribution is 0.0634. The summed E-state index contributed by atoms with van der Waals surface area (Å²) in [4.78, 5) is 5.42. The fraction of sp³-hybridized carbons (Fsp3) is 1.00. The van der Waals surface area contributed by atoms with E-state index in [0.29, 0.717) is 12.1 Å². The minimum Gasteiger partial charge on any atom is -0.315 e. The highest BCUT2D eigenvalue weighted by molar-refractivity contribution is 4.86. The van der Waals surface area contributed by atoms with Gasteiger partial charge < -0.3 is 5.32 Å². The Morgan fingerprint density at radius 2 is 1.72 bits per heavy atom. The van der Waals surface area contributed by atoms with Gasteiger partial charge in [0.15, 0.2) is 0 Å². The maximum atomic E-state index is 3.46. The predicted molar refractivity (Wildman–Crippen MR) is 78.0 cm³/mol. The molecule has 2 rings (SSSR count). The molecule has 3 nitrogen and oxygen atoms in total. The van der Waals surface area contributed by atoms with E-state index in [2.05, 4.69) is 36.0 Å². The van der Waals surface area contributed by atoms with Crippen LogP contribution >= 0.6 is 0 Å². The van der Waals surface area contributed by atoms with E-state index in [1.165, 1.54) is 58.3 Å². The molecule has 2 atom stereocenters. The van der Waals surface area contributed by atoms with Gasteiger partial charge >= 0.3 is 0 Å². The van der Waals surface area contributed by atoms with Crippen molar-refractivity contribution < 1.29 is 0 Å². The molecule has 1 heterocycles. The first-order valence-electron chi connectivity index (χ1n) is 7.91. The molecule has 1 saturated carbocycles. The normalized spacial score (nSPS) is 27.5. The van der Waals surface area contributed by atoms with Gasteiger partial charge in [-0.25, -0.2) is 0 Å². The summed E-state index contributed by atoms with van der Waals surface area (Å²) < 4.78 is 0. The fourth-order valence-corrected chi connectivity index (χ4v) is 3.82. The lowest BCUT2D eigenvalue weighted by Gasteiger charge is -2.42. The topological polar surface area (TPSA) is 18.5 Å². The number of hydrogen-bond donors (Lipinski definition) is 1. The third-order valence-corrected chi connectivity index (χ3v) is 5.16. The van der Waals surface area contributed by atoms with Crippen molar-refractivity contribution >= 4 is 0 Å². The van der Waals surface area contributed by atoms with Crippen molar-refractivity contribution in [2.24, 2.45) is 0 Å². The van der Waals surface area contributed by atoms with Crippen LogP contribution in [0.15, 0.2) is 0 Å². The van der Waals surface area contributed by atoms with E-state index in [1.54, 1.807) is 0 Å². The molecular weight excluding hydrogens is 222 g/mol. The predicted octanol–water partition coefficient (Wildman–Crippen LogP) is 1.93. The molecule has 2 fully saturated rings. The van der Waals surface area contributed by atoms with Crippen LogP contribution in [-0.2, 0) is 0 Å². The van der Waals surface area contributed by atoms with Crippen LogP contribution in [0.4, 0.5) is 0 Å². The SMILES string of the molecule is CCC(NC)C(C)N1CCN(C2CCCC2)CC1. The Balaban J connectivity index is 1.78. The van der Waals surface area contributed by atoms with Crippen molar-refractivity contribution in [3.05, 3.63) is 0 Å². The van der Waals surface area contributed by atoms with Gasteiger partial charge in [-0.05, 0) is 33.2 Å². The molecule has 18 heavy (non-hydrogen) atoms. The second kappa shape index (κ2) is 6.88. The molecular formula is C15H31N3. The van der Waals surface area contributed by atoms with Crippen LogP contribution in [0.1, 0.15) is 46.0 Å². The maximum absolute atomic E-state index is 3.46. The summed E-state index contributed by atoms with van der Waals surface area (Å²) in [7, 11) is 2.10. The summed E-state index contributed by atoms with van der Waals surface area (Å²) in [6.07, 6.45) is 7.03. The lowest BCUT2D eigenvalue weighted by Crippen LogP contribution is -2.56. The Morgan fingerprint density at radius 1 is 1.11 bits per heavy atom. The second-order valence-electron chi connectivity index (χ2n) is 6.05. The van der Waals surface area contributed by atoms with E-state index >= 15 is 0 Å². The summed E-state index contributed by atoms with van der Waals surface area (Å²) in [6, 6.07) is 2.22. The summed E-state index contributed by atoms with van der Waals surface area (Å²) in [6.45, 7) is 9.76. The molecule has 0 aromatic carbocycles. The van der Waals surface area contributed by atoms with Crippen LogP contribution < -0.4 is 5.32 Å². The third-order valence-electron chi connectivity index (χ3n) is 5.16. The highest BCUT2D eigenvalue weighted by Gasteiger charge is 2.29. The first kappa shape index (κ1) is 14.3. The quantitative estimate of drug-likeness (QED) is 0.808. The average molecular weight is 253 g/mol. The Bertz CT molecular complexity index is 226. The average Bonchev–Trinajstić information content (AvgIpc) is 2.94. The van der Waals surface area contributed by atoms with Crippen LogP contribution in [0.5, 0.6) is 0 Å². The number of nitrogens with one attached hydrogen (secondary N) is 1. The fourth-order valence-electron chi connectivity index (χ4n) is 3.82. The van der Waals surface area contributed by atoms with E-state index in [4.69, 9.17) is 0 Å². The molecule has 0 aromatic rings. The number of nitrogens with zero attached hydrogens (tertiary/aromatic N) is 2. The molecule has 0 bridgehead atoms. The molecule has 0 radical (unpaired) electrons. The zero-order valence-electron chi connectivity index (χ0n) is 12.5. The second-order valence-corrected chi connectivity index (χ2v) is 6.05. The van der Waals surface area contributed by atoms with Gasteiger partial charge in [-0.1, -0.05) is 19.8 Å². The van der Waals surface area contributed by atoms with Gasteiger partial charge in [-0.15, -0.1) is 0 Å². The number of hydrogen-bond acceptors (Lipinski definition) is 3. The molecule has 0 spiro atoms. The summed E-state index contributed by atoms with van der Waals surface area (Å²) >= 11 is 0. The molecule has 1 saturated heterocycles. The summed E-state index contributed by atoms with van der Waals surface area (Å²) in [5.74, 6) is 0.